The standard InChI is InChI=1S/CH2BN3S/c3-5-4-2-1-6/h1,3H. The van der Waals surface area contributed by atoms with Gasteiger partial charge in [-0.25, -0.2) is 0 Å². The van der Waals surface area contributed by atoms with Crippen LogP contribution in [0, 0.1) is 5.53 Å². The van der Waals surface area contributed by atoms with Gasteiger partial charge in [-0.15, -0.1) is 0 Å². The Hall–Kier alpha value is -0.445. The van der Waals surface area contributed by atoms with Gasteiger partial charge < -0.3 is 0 Å². The van der Waals surface area contributed by atoms with E-state index in [0.717, 1.165) is 0 Å². The number of nitrogens with zero attached hydrogens (tertiary/aromatic N) is 2. The van der Waals surface area contributed by atoms with E-state index in [2.05, 4.69) is 22.4 Å². The normalized spacial score (nSPS) is 7.33. The number of thiocarbonyl (C=S) groups is 1. The van der Waals surface area contributed by atoms with E-state index in [1.807, 2.05) is 0 Å². The summed E-state index contributed by atoms with van der Waals surface area (Å²) in [6, 6.07) is 0. The predicted octanol–water partition coefficient (Wildman–Crippen LogP) is 0.777. The molecule has 5 heteroatoms. The molecule has 0 heterocycles. The molecule has 0 aromatic carbocycles. The summed E-state index contributed by atoms with van der Waals surface area (Å²) in [4.78, 5) is 0. The molecule has 0 fully saturated rings. The number of hydrogen-bond donors (Lipinski definition) is 1. The molecule has 6 heavy (non-hydrogen) atoms. The molecule has 30 valence electrons. The Morgan fingerprint density at radius 2 is 2.50 bits per heavy atom. The molecule has 0 aliphatic heterocycles. The third-order valence-electron chi connectivity index (χ3n) is 0.185. The SMILES string of the molecule is N=NN=BC=S. The van der Waals surface area contributed by atoms with Gasteiger partial charge in [0.1, 0.15) is 0 Å². The van der Waals surface area contributed by atoms with Crippen molar-refractivity contribution in [1.82, 2.24) is 0 Å². The first kappa shape index (κ1) is 5.55. The molecule has 0 atom stereocenters. The minimum atomic E-state index is 1.27. The summed E-state index contributed by atoms with van der Waals surface area (Å²) in [5.74, 6) is 0. The Morgan fingerprint density at radius 3 is 2.67 bits per heavy atom. The number of nitrogens with one attached hydrogen (secondary N) is 1. The minimum absolute atomic E-state index is 1.27. The van der Waals surface area contributed by atoms with E-state index in [0.29, 0.717) is 0 Å². The molecule has 0 bridgehead atoms. The van der Waals surface area contributed by atoms with Gasteiger partial charge in [-0.05, 0) is 0 Å². The fourth-order valence-corrected chi connectivity index (χ4v) is 0.115. The maximum absolute atomic E-state index is 6.07. The molecule has 0 saturated heterocycles. The van der Waals surface area contributed by atoms with Crippen molar-refractivity contribution in [1.29, 1.82) is 5.53 Å². The topological polar surface area (TPSA) is 48.6 Å². The quantitative estimate of drug-likeness (QED) is 0.236. The molecule has 1 N–H and O–H groups in total. The van der Waals surface area contributed by atoms with Gasteiger partial charge in [0.15, 0.2) is 0 Å². The van der Waals surface area contributed by atoms with E-state index < -0.39 is 0 Å². The summed E-state index contributed by atoms with van der Waals surface area (Å²) < 4.78 is 0. The molecule has 0 aromatic rings. The van der Waals surface area contributed by atoms with Gasteiger partial charge in [-0.2, -0.15) is 0 Å². The van der Waals surface area contributed by atoms with Crippen molar-refractivity contribution in [2.75, 3.05) is 0 Å². The first-order chi connectivity index (χ1) is 2.91. The van der Waals surface area contributed by atoms with Gasteiger partial charge in [0.05, 0.1) is 0 Å². The van der Waals surface area contributed by atoms with Crippen LogP contribution in [0.5, 0.6) is 0 Å². The Labute approximate surface area is 41.2 Å². The van der Waals surface area contributed by atoms with Crippen LogP contribution in [0.15, 0.2) is 10.2 Å². The van der Waals surface area contributed by atoms with Gasteiger partial charge in [-0.3, -0.25) is 0 Å². The molecule has 3 nitrogen and oxygen atoms in total. The van der Waals surface area contributed by atoms with Gasteiger partial charge in [0.2, 0.25) is 0 Å². The zero-order valence-electron chi connectivity index (χ0n) is 2.96. The molecule has 0 unspecified atom stereocenters. The van der Waals surface area contributed by atoms with E-state index in [9.17, 15) is 0 Å². The fourth-order valence-electron chi connectivity index (χ4n) is 0.0605. The van der Waals surface area contributed by atoms with Crippen molar-refractivity contribution in [3.8, 4) is 0 Å². The van der Waals surface area contributed by atoms with Crippen molar-refractivity contribution in [3.05, 3.63) is 0 Å². The van der Waals surface area contributed by atoms with Crippen LogP contribution in [0.3, 0.4) is 0 Å². The second-order valence-corrected chi connectivity index (χ2v) is 0.773. The van der Waals surface area contributed by atoms with Crippen LogP contribution < -0.4 is 0 Å². The van der Waals surface area contributed by atoms with E-state index in [1.165, 1.54) is 12.3 Å². The third kappa shape index (κ3) is 3.55. The van der Waals surface area contributed by atoms with Crippen molar-refractivity contribution >= 4 is 24.6 Å². The third-order valence-corrected chi connectivity index (χ3v) is 0.307. The van der Waals surface area contributed by atoms with E-state index in [1.54, 1.807) is 0 Å². The summed E-state index contributed by atoms with van der Waals surface area (Å²) >= 11 is 4.30. The molecule has 0 aliphatic carbocycles. The van der Waals surface area contributed by atoms with E-state index in [4.69, 9.17) is 5.53 Å². The Morgan fingerprint density at radius 1 is 1.83 bits per heavy atom. The molecule has 0 aromatic heterocycles. The maximum atomic E-state index is 6.07. The second kappa shape index (κ2) is 4.55. The molecule has 0 amide bonds. The summed E-state index contributed by atoms with van der Waals surface area (Å²) in [6.07, 6.45) is 0. The average Bonchev–Trinajstić information content (AvgIpc) is 1.61. The van der Waals surface area contributed by atoms with Gasteiger partial charge in [0, 0.05) is 0 Å². The number of rotatable bonds is 2. The molecule has 0 aliphatic rings. The van der Waals surface area contributed by atoms with E-state index >= 15 is 0 Å². The monoisotopic (exact) mass is 99.0 g/mol. The number of hydrogen-bond acceptors (Lipinski definition) is 3. The zero-order valence-corrected chi connectivity index (χ0v) is 3.77. The van der Waals surface area contributed by atoms with Crippen LogP contribution in [-0.2, 0) is 0 Å². The van der Waals surface area contributed by atoms with Crippen molar-refractivity contribution in [2.24, 2.45) is 10.2 Å². The Balaban J connectivity index is 3.17. The predicted molar refractivity (Wildman–Crippen MR) is 27.0 cm³/mol. The summed E-state index contributed by atoms with van der Waals surface area (Å²) in [5.41, 5.74) is 6.07. The summed E-state index contributed by atoms with van der Waals surface area (Å²) in [7, 11) is 1.27. The first-order valence-corrected chi connectivity index (χ1v) is 1.72. The van der Waals surface area contributed by atoms with Crippen molar-refractivity contribution in [2.45, 2.75) is 0 Å². The van der Waals surface area contributed by atoms with Crippen LogP contribution in [0.25, 0.3) is 0 Å². The summed E-state index contributed by atoms with van der Waals surface area (Å²) in [6.45, 7) is 0. The van der Waals surface area contributed by atoms with Crippen LogP contribution in [0.1, 0.15) is 0 Å². The molecule has 0 radical (unpaired) electrons. The molecular formula is CH2BN3S. The van der Waals surface area contributed by atoms with Gasteiger partial charge in [-0.1, -0.05) is 0 Å². The molecular weight excluding hydrogens is 96.9 g/mol. The zero-order chi connectivity index (χ0) is 4.83. The van der Waals surface area contributed by atoms with Crippen molar-refractivity contribution in [3.63, 3.8) is 0 Å². The molecule has 0 spiro atoms. The van der Waals surface area contributed by atoms with Crippen molar-refractivity contribution < 1.29 is 0 Å². The van der Waals surface area contributed by atoms with Crippen LogP contribution in [-0.4, -0.2) is 12.3 Å². The first-order valence-electron chi connectivity index (χ1n) is 1.25. The van der Waals surface area contributed by atoms with Crippen LogP contribution in [0.2, 0.25) is 0 Å². The van der Waals surface area contributed by atoms with Crippen LogP contribution >= 0.6 is 12.2 Å². The Kier molecular flexibility index (Phi) is 4.22. The molecule has 0 saturated carbocycles. The molecule has 0 rings (SSSR count). The summed E-state index contributed by atoms with van der Waals surface area (Å²) in [5, 5.41) is 7.03. The fraction of sp³-hybridized carbons (Fsp3) is 0. The van der Waals surface area contributed by atoms with E-state index in [-0.39, 0.29) is 0 Å². The van der Waals surface area contributed by atoms with Gasteiger partial charge >= 0.3 is 40.3 Å². The van der Waals surface area contributed by atoms with Crippen LogP contribution in [0.4, 0.5) is 0 Å². The second-order valence-electron chi connectivity index (χ2n) is 0.501. The Bertz CT molecular complexity index is 68.9. The van der Waals surface area contributed by atoms with Gasteiger partial charge in [0.25, 0.3) is 0 Å². The average molecular weight is 98.9 g/mol.